The van der Waals surface area contributed by atoms with Crippen LogP contribution in [-0.4, -0.2) is 36.6 Å². The fourth-order valence-electron chi connectivity index (χ4n) is 4.57. The molecule has 2 aliphatic heterocycles. The minimum absolute atomic E-state index is 0.763. The van der Waals surface area contributed by atoms with Gasteiger partial charge in [0.2, 0.25) is 0 Å². The third-order valence-corrected chi connectivity index (χ3v) is 5.72. The van der Waals surface area contributed by atoms with Crippen molar-refractivity contribution in [2.75, 3.05) is 19.6 Å². The first-order chi connectivity index (χ1) is 8.84. The molecule has 3 rings (SSSR count). The lowest BCUT2D eigenvalue weighted by Gasteiger charge is -2.46. The highest BCUT2D eigenvalue weighted by Crippen LogP contribution is 2.35. The van der Waals surface area contributed by atoms with Crippen LogP contribution in [0.15, 0.2) is 0 Å². The smallest absolute Gasteiger partial charge is 0.0220 e. The fourth-order valence-corrected chi connectivity index (χ4v) is 4.57. The molecule has 2 saturated heterocycles. The molecule has 2 heteroatoms. The van der Waals surface area contributed by atoms with Gasteiger partial charge in [0.15, 0.2) is 0 Å². The molecule has 3 aliphatic rings. The Morgan fingerprint density at radius 1 is 1.00 bits per heavy atom. The Kier molecular flexibility index (Phi) is 4.25. The van der Waals surface area contributed by atoms with E-state index in [0.29, 0.717) is 0 Å². The van der Waals surface area contributed by atoms with Crippen molar-refractivity contribution in [3.63, 3.8) is 0 Å². The summed E-state index contributed by atoms with van der Waals surface area (Å²) in [6.07, 6.45) is 11.7. The minimum Gasteiger partial charge on any atom is -0.312 e. The highest BCUT2D eigenvalue weighted by molar-refractivity contribution is 4.90. The van der Waals surface area contributed by atoms with E-state index in [4.69, 9.17) is 0 Å². The van der Waals surface area contributed by atoms with Crippen molar-refractivity contribution in [2.45, 2.75) is 70.4 Å². The molecule has 4 atom stereocenters. The Balaban J connectivity index is 1.60. The van der Waals surface area contributed by atoms with Crippen molar-refractivity contribution in [3.05, 3.63) is 0 Å². The van der Waals surface area contributed by atoms with Crippen molar-refractivity contribution in [3.8, 4) is 0 Å². The summed E-state index contributed by atoms with van der Waals surface area (Å²) in [6.45, 7) is 6.38. The number of nitrogens with one attached hydrogen (secondary N) is 1. The van der Waals surface area contributed by atoms with Gasteiger partial charge in [-0.15, -0.1) is 0 Å². The first kappa shape index (κ1) is 12.9. The van der Waals surface area contributed by atoms with Gasteiger partial charge in [0.1, 0.15) is 0 Å². The highest BCUT2D eigenvalue weighted by atomic mass is 15.2. The Morgan fingerprint density at radius 2 is 1.83 bits per heavy atom. The molecule has 1 aliphatic carbocycles. The van der Waals surface area contributed by atoms with Gasteiger partial charge in [0.05, 0.1) is 0 Å². The van der Waals surface area contributed by atoms with E-state index >= 15 is 0 Å². The number of fused-ring (bicyclic) bond motifs is 1. The number of hydrogen-bond donors (Lipinski definition) is 1. The van der Waals surface area contributed by atoms with Crippen LogP contribution in [0.1, 0.15) is 58.3 Å². The molecule has 0 amide bonds. The van der Waals surface area contributed by atoms with E-state index in [-0.39, 0.29) is 0 Å². The highest BCUT2D eigenvalue weighted by Gasteiger charge is 2.35. The lowest BCUT2D eigenvalue weighted by Crippen LogP contribution is -2.54. The topological polar surface area (TPSA) is 15.3 Å². The summed E-state index contributed by atoms with van der Waals surface area (Å²) in [5.74, 6) is 1.91. The van der Waals surface area contributed by atoms with Crippen molar-refractivity contribution in [2.24, 2.45) is 11.8 Å². The first-order valence-corrected chi connectivity index (χ1v) is 8.32. The zero-order chi connectivity index (χ0) is 12.4. The zero-order valence-electron chi connectivity index (χ0n) is 12.0. The molecule has 0 aromatic rings. The van der Waals surface area contributed by atoms with Crippen molar-refractivity contribution in [1.82, 2.24) is 10.2 Å². The van der Waals surface area contributed by atoms with E-state index in [0.717, 1.165) is 23.9 Å². The van der Waals surface area contributed by atoms with Crippen LogP contribution in [0.4, 0.5) is 0 Å². The quantitative estimate of drug-likeness (QED) is 0.810. The van der Waals surface area contributed by atoms with Gasteiger partial charge in [-0.05, 0) is 63.5 Å². The van der Waals surface area contributed by atoms with Gasteiger partial charge in [-0.1, -0.05) is 19.8 Å². The minimum atomic E-state index is 0.763. The lowest BCUT2D eigenvalue weighted by atomic mass is 9.78. The molecule has 0 radical (unpaired) electrons. The second-order valence-corrected chi connectivity index (χ2v) is 6.93. The lowest BCUT2D eigenvalue weighted by molar-refractivity contribution is 0.0441. The second kappa shape index (κ2) is 5.92. The summed E-state index contributed by atoms with van der Waals surface area (Å²) >= 11 is 0. The molecule has 1 N–H and O–H groups in total. The maximum absolute atomic E-state index is 3.77. The molecule has 3 fully saturated rings. The Labute approximate surface area is 113 Å². The molecule has 4 unspecified atom stereocenters. The van der Waals surface area contributed by atoms with Gasteiger partial charge >= 0.3 is 0 Å². The molecule has 2 nitrogen and oxygen atoms in total. The summed E-state index contributed by atoms with van der Waals surface area (Å²) in [4.78, 5) is 2.85. The van der Waals surface area contributed by atoms with Crippen LogP contribution < -0.4 is 5.32 Å². The van der Waals surface area contributed by atoms with Crippen LogP contribution in [0, 0.1) is 11.8 Å². The molecule has 104 valence electrons. The third-order valence-electron chi connectivity index (χ3n) is 5.72. The molecule has 18 heavy (non-hydrogen) atoms. The summed E-state index contributed by atoms with van der Waals surface area (Å²) < 4.78 is 0. The van der Waals surface area contributed by atoms with Gasteiger partial charge < -0.3 is 5.32 Å². The molecule has 0 spiro atoms. The zero-order valence-corrected chi connectivity index (χ0v) is 12.0. The summed E-state index contributed by atoms with van der Waals surface area (Å²) in [6, 6.07) is 1.70. The van der Waals surface area contributed by atoms with E-state index in [1.54, 1.807) is 0 Å². The summed E-state index contributed by atoms with van der Waals surface area (Å²) in [7, 11) is 0. The molecular weight excluding hydrogens is 220 g/mol. The van der Waals surface area contributed by atoms with Crippen molar-refractivity contribution in [1.29, 1.82) is 0 Å². The Morgan fingerprint density at radius 3 is 2.72 bits per heavy atom. The normalized spacial score (nSPS) is 42.5. The number of hydrogen-bond acceptors (Lipinski definition) is 2. The van der Waals surface area contributed by atoms with Crippen LogP contribution in [0.5, 0.6) is 0 Å². The van der Waals surface area contributed by atoms with Crippen molar-refractivity contribution < 1.29 is 0 Å². The number of nitrogens with zero attached hydrogens (tertiary/aromatic N) is 1. The van der Waals surface area contributed by atoms with E-state index in [9.17, 15) is 0 Å². The maximum atomic E-state index is 3.77. The average Bonchev–Trinajstić information content (AvgIpc) is 2.42. The first-order valence-electron chi connectivity index (χ1n) is 8.32. The number of rotatable bonds is 2. The second-order valence-electron chi connectivity index (χ2n) is 6.93. The summed E-state index contributed by atoms with van der Waals surface area (Å²) in [5.41, 5.74) is 0. The molecule has 1 saturated carbocycles. The van der Waals surface area contributed by atoms with Crippen LogP contribution >= 0.6 is 0 Å². The molecule has 0 aromatic heterocycles. The van der Waals surface area contributed by atoms with Gasteiger partial charge in [-0.2, -0.15) is 0 Å². The van der Waals surface area contributed by atoms with Gasteiger partial charge in [-0.25, -0.2) is 0 Å². The van der Waals surface area contributed by atoms with Crippen LogP contribution in [-0.2, 0) is 0 Å². The van der Waals surface area contributed by atoms with Crippen molar-refractivity contribution >= 4 is 0 Å². The van der Waals surface area contributed by atoms with Crippen LogP contribution in [0.25, 0.3) is 0 Å². The van der Waals surface area contributed by atoms with Crippen LogP contribution in [0.3, 0.4) is 0 Å². The molecule has 0 aromatic carbocycles. The van der Waals surface area contributed by atoms with Gasteiger partial charge in [-0.3, -0.25) is 4.90 Å². The molecule has 2 heterocycles. The number of likely N-dealkylation sites (tertiary alicyclic amines) is 1. The van der Waals surface area contributed by atoms with E-state index in [1.807, 2.05) is 0 Å². The Hall–Kier alpha value is -0.0800. The van der Waals surface area contributed by atoms with Gasteiger partial charge in [0, 0.05) is 18.6 Å². The predicted molar refractivity (Wildman–Crippen MR) is 76.7 cm³/mol. The fraction of sp³-hybridized carbons (Fsp3) is 1.00. The SMILES string of the molecule is CC1CCCNC1CN1CCCC2CCCCC21. The van der Waals surface area contributed by atoms with Gasteiger partial charge in [0.25, 0.3) is 0 Å². The third kappa shape index (κ3) is 2.75. The predicted octanol–water partition coefficient (Wildman–Crippen LogP) is 3.03. The largest absolute Gasteiger partial charge is 0.312 e. The van der Waals surface area contributed by atoms with Crippen LogP contribution in [0.2, 0.25) is 0 Å². The standard InChI is InChI=1S/C16H30N2/c1-13-6-4-10-17-15(13)12-18-11-5-8-14-7-2-3-9-16(14)18/h13-17H,2-12H2,1H3. The monoisotopic (exact) mass is 250 g/mol. The van der Waals surface area contributed by atoms with E-state index < -0.39 is 0 Å². The van der Waals surface area contributed by atoms with E-state index in [2.05, 4.69) is 17.1 Å². The molecule has 0 bridgehead atoms. The maximum Gasteiger partial charge on any atom is 0.0220 e. The molecular formula is C16H30N2. The average molecular weight is 250 g/mol. The van der Waals surface area contributed by atoms with E-state index in [1.165, 1.54) is 71.0 Å². The Bertz CT molecular complexity index is 264. The summed E-state index contributed by atoms with van der Waals surface area (Å²) in [5, 5.41) is 3.77. The number of piperidine rings is 2.